The van der Waals surface area contributed by atoms with Crippen molar-refractivity contribution in [2.24, 2.45) is 11.8 Å². The monoisotopic (exact) mass is 384 g/mol. The summed E-state index contributed by atoms with van der Waals surface area (Å²) >= 11 is 0. The molecule has 3 aliphatic rings. The maximum Gasteiger partial charge on any atom is 0.489 e. The number of hydrogen-bond acceptors (Lipinski definition) is 4. The van der Waals surface area contributed by atoms with Gasteiger partial charge in [-0.3, -0.25) is 0 Å². The Kier molecular flexibility index (Phi) is 4.06. The fraction of sp³-hybridized carbons (Fsp3) is 0.217. The van der Waals surface area contributed by atoms with E-state index in [-0.39, 0.29) is 11.8 Å². The lowest BCUT2D eigenvalue weighted by Gasteiger charge is -2.34. The summed E-state index contributed by atoms with van der Waals surface area (Å²) in [6, 6.07) is 9.73. The first-order valence-electron chi connectivity index (χ1n) is 9.92. The van der Waals surface area contributed by atoms with Crippen molar-refractivity contribution in [1.29, 1.82) is 0 Å². The Labute approximate surface area is 170 Å². The van der Waals surface area contributed by atoms with Gasteiger partial charge in [0.1, 0.15) is 0 Å². The Bertz CT molecular complexity index is 1150. The molecule has 0 saturated heterocycles. The van der Waals surface area contributed by atoms with Crippen LogP contribution in [-0.4, -0.2) is 34.3 Å². The van der Waals surface area contributed by atoms with Gasteiger partial charge in [0.2, 0.25) is 0 Å². The number of benzene rings is 2. The van der Waals surface area contributed by atoms with Crippen molar-refractivity contribution >= 4 is 36.0 Å². The van der Waals surface area contributed by atoms with Crippen molar-refractivity contribution in [3.8, 4) is 0 Å². The van der Waals surface area contributed by atoms with E-state index in [9.17, 15) is 20.1 Å². The highest BCUT2D eigenvalue weighted by Crippen LogP contribution is 2.56. The molecule has 4 N–H and O–H groups in total. The van der Waals surface area contributed by atoms with Gasteiger partial charge >= 0.3 is 14.2 Å². The summed E-state index contributed by atoms with van der Waals surface area (Å²) in [6.45, 7) is 4.22. The predicted molar refractivity (Wildman–Crippen MR) is 117 cm³/mol. The summed E-state index contributed by atoms with van der Waals surface area (Å²) in [7, 11) is -3.08. The van der Waals surface area contributed by atoms with Crippen LogP contribution in [0.4, 0.5) is 0 Å². The summed E-state index contributed by atoms with van der Waals surface area (Å²) in [6.07, 6.45) is 10.1. The number of fused-ring (bicyclic) bond motifs is 6. The molecule has 0 bridgehead atoms. The van der Waals surface area contributed by atoms with Crippen LogP contribution in [0.1, 0.15) is 25.0 Å². The highest BCUT2D eigenvalue weighted by molar-refractivity contribution is 6.62. The molecule has 0 saturated carbocycles. The van der Waals surface area contributed by atoms with E-state index in [0.29, 0.717) is 10.9 Å². The Morgan fingerprint density at radius 1 is 0.862 bits per heavy atom. The molecule has 2 aromatic rings. The standard InChI is InChI=1S/C23H22B2O4/c1-23(2)17-11-19(24(26)27)13-7-3-5-9-15(13)21(17)22-16-10-6-4-8-14(16)20(25(28)29)12-18(22)23/h3-13,15,26-29H,1-2H3. The average Bonchev–Trinajstić information content (AvgIpc) is 2.94. The van der Waals surface area contributed by atoms with Crippen LogP contribution in [0.2, 0.25) is 0 Å². The van der Waals surface area contributed by atoms with E-state index in [1.54, 1.807) is 0 Å². The molecule has 29 heavy (non-hydrogen) atoms. The molecule has 3 aliphatic carbocycles. The third-order valence-corrected chi connectivity index (χ3v) is 6.72. The van der Waals surface area contributed by atoms with E-state index in [1.807, 2.05) is 54.6 Å². The fourth-order valence-electron chi connectivity index (χ4n) is 5.33. The second-order valence-electron chi connectivity index (χ2n) is 8.60. The summed E-state index contributed by atoms with van der Waals surface area (Å²) in [5, 5.41) is 42.0. The normalized spacial score (nSPS) is 23.6. The van der Waals surface area contributed by atoms with Crippen LogP contribution in [0.5, 0.6) is 0 Å². The van der Waals surface area contributed by atoms with Gasteiger partial charge in [0.05, 0.1) is 0 Å². The van der Waals surface area contributed by atoms with E-state index in [1.165, 1.54) is 5.57 Å². The minimum atomic E-state index is -1.56. The Hall–Kier alpha value is -2.37. The maximum atomic E-state index is 10.1. The number of hydrogen-bond donors (Lipinski definition) is 4. The first kappa shape index (κ1) is 18.6. The molecule has 0 aliphatic heterocycles. The number of rotatable bonds is 2. The highest BCUT2D eigenvalue weighted by Gasteiger charge is 2.46. The van der Waals surface area contributed by atoms with E-state index < -0.39 is 19.7 Å². The predicted octanol–water partition coefficient (Wildman–Crippen LogP) is 1.87. The van der Waals surface area contributed by atoms with Crippen LogP contribution >= 0.6 is 0 Å². The van der Waals surface area contributed by atoms with Crippen molar-refractivity contribution in [3.05, 3.63) is 82.9 Å². The second kappa shape index (κ2) is 6.31. The van der Waals surface area contributed by atoms with Crippen LogP contribution in [-0.2, 0) is 5.41 Å². The highest BCUT2D eigenvalue weighted by atomic mass is 16.4. The summed E-state index contributed by atoms with van der Waals surface area (Å²) in [4.78, 5) is 0. The molecule has 0 spiro atoms. The molecule has 0 heterocycles. The van der Waals surface area contributed by atoms with E-state index in [4.69, 9.17) is 0 Å². The molecular weight excluding hydrogens is 362 g/mol. The van der Waals surface area contributed by atoms with Gasteiger partial charge < -0.3 is 20.1 Å². The van der Waals surface area contributed by atoms with Crippen molar-refractivity contribution in [1.82, 2.24) is 0 Å². The zero-order valence-electron chi connectivity index (χ0n) is 16.4. The molecule has 144 valence electrons. The molecule has 0 amide bonds. The van der Waals surface area contributed by atoms with Crippen molar-refractivity contribution < 1.29 is 20.1 Å². The Morgan fingerprint density at radius 3 is 2.17 bits per heavy atom. The lowest BCUT2D eigenvalue weighted by atomic mass is 9.60. The SMILES string of the molecule is CC1(C)C2=C(c3c1cc(B(O)O)c1ccccc31)C1C=CC=CC1C(B(O)O)=C2. The van der Waals surface area contributed by atoms with Crippen LogP contribution < -0.4 is 5.46 Å². The number of allylic oxidation sites excluding steroid dienone is 8. The molecule has 2 atom stereocenters. The molecule has 5 rings (SSSR count). The second-order valence-corrected chi connectivity index (χ2v) is 8.60. The van der Waals surface area contributed by atoms with Gasteiger partial charge in [-0.15, -0.1) is 0 Å². The quantitative estimate of drug-likeness (QED) is 0.597. The molecule has 6 heteroatoms. The van der Waals surface area contributed by atoms with Gasteiger partial charge in [0, 0.05) is 17.3 Å². The van der Waals surface area contributed by atoms with Crippen LogP contribution in [0.3, 0.4) is 0 Å². The molecular formula is C23H22B2O4. The van der Waals surface area contributed by atoms with Gasteiger partial charge in [-0.2, -0.15) is 0 Å². The molecule has 2 aromatic carbocycles. The molecule has 0 aromatic heterocycles. The average molecular weight is 384 g/mol. The molecule has 0 radical (unpaired) electrons. The van der Waals surface area contributed by atoms with Crippen molar-refractivity contribution in [2.45, 2.75) is 19.3 Å². The lowest BCUT2D eigenvalue weighted by molar-refractivity contribution is 0.408. The van der Waals surface area contributed by atoms with Gasteiger partial charge in [0.25, 0.3) is 0 Å². The zero-order valence-corrected chi connectivity index (χ0v) is 16.4. The smallest absolute Gasteiger partial charge is 0.423 e. The zero-order chi connectivity index (χ0) is 20.5. The largest absolute Gasteiger partial charge is 0.489 e. The summed E-state index contributed by atoms with van der Waals surface area (Å²) < 4.78 is 0. The Balaban J connectivity index is 1.88. The van der Waals surface area contributed by atoms with Gasteiger partial charge in [-0.05, 0) is 44.0 Å². The molecule has 0 fully saturated rings. The lowest BCUT2D eigenvalue weighted by Crippen LogP contribution is -2.32. The maximum absolute atomic E-state index is 10.1. The van der Waals surface area contributed by atoms with E-state index in [0.717, 1.165) is 27.5 Å². The first-order chi connectivity index (χ1) is 13.8. The van der Waals surface area contributed by atoms with E-state index >= 15 is 0 Å². The van der Waals surface area contributed by atoms with Crippen molar-refractivity contribution in [3.63, 3.8) is 0 Å². The third kappa shape index (κ3) is 2.50. The minimum Gasteiger partial charge on any atom is -0.423 e. The minimum absolute atomic E-state index is 0.00521. The van der Waals surface area contributed by atoms with Crippen molar-refractivity contribution in [2.75, 3.05) is 0 Å². The third-order valence-electron chi connectivity index (χ3n) is 6.72. The summed E-state index contributed by atoms with van der Waals surface area (Å²) in [5.74, 6) is -0.104. The summed E-state index contributed by atoms with van der Waals surface area (Å²) in [5.41, 5.74) is 5.11. The van der Waals surface area contributed by atoms with Crippen LogP contribution in [0.15, 0.2) is 71.8 Å². The van der Waals surface area contributed by atoms with Crippen LogP contribution in [0, 0.1) is 11.8 Å². The fourth-order valence-corrected chi connectivity index (χ4v) is 5.33. The van der Waals surface area contributed by atoms with Gasteiger partial charge in [-0.25, -0.2) is 0 Å². The Morgan fingerprint density at radius 2 is 1.52 bits per heavy atom. The van der Waals surface area contributed by atoms with E-state index in [2.05, 4.69) is 19.9 Å². The molecule has 2 unspecified atom stereocenters. The first-order valence-corrected chi connectivity index (χ1v) is 9.92. The van der Waals surface area contributed by atoms with Gasteiger partial charge in [0.15, 0.2) is 0 Å². The topological polar surface area (TPSA) is 80.9 Å². The van der Waals surface area contributed by atoms with Crippen LogP contribution in [0.25, 0.3) is 16.3 Å². The molecule has 4 nitrogen and oxygen atoms in total. The van der Waals surface area contributed by atoms with Gasteiger partial charge in [-0.1, -0.05) is 74.6 Å².